The van der Waals surface area contributed by atoms with Gasteiger partial charge in [-0.15, -0.1) is 0 Å². The van der Waals surface area contributed by atoms with E-state index in [0.717, 1.165) is 6.42 Å². The highest BCUT2D eigenvalue weighted by Crippen LogP contribution is 2.14. The van der Waals surface area contributed by atoms with Crippen molar-refractivity contribution in [2.75, 3.05) is 20.3 Å². The zero-order chi connectivity index (χ0) is 16.4. The molecule has 0 aliphatic rings. The van der Waals surface area contributed by atoms with Crippen LogP contribution in [0, 0.1) is 0 Å². The van der Waals surface area contributed by atoms with E-state index in [1.165, 1.54) is 4.40 Å². The second kappa shape index (κ2) is 6.21. The molecule has 0 aliphatic carbocycles. The van der Waals surface area contributed by atoms with Crippen molar-refractivity contribution >= 4 is 22.6 Å². The lowest BCUT2D eigenvalue weighted by Gasteiger charge is -2.06. The molecule has 0 spiro atoms. The minimum Gasteiger partial charge on any atom is -0.385 e. The largest absolute Gasteiger partial charge is 0.385 e. The van der Waals surface area contributed by atoms with E-state index in [4.69, 9.17) is 4.74 Å². The molecule has 1 N–H and O–H groups in total. The van der Waals surface area contributed by atoms with Crippen LogP contribution in [0.15, 0.2) is 35.3 Å². The number of hydrogen-bond acceptors (Lipinski definition) is 4. The summed E-state index contributed by atoms with van der Waals surface area (Å²) in [6.07, 6.45) is 2.40. The molecule has 0 atom stereocenters. The van der Waals surface area contributed by atoms with E-state index in [-0.39, 0.29) is 11.5 Å². The number of nitrogens with zero attached hydrogens (tertiary/aromatic N) is 3. The first-order valence-corrected chi connectivity index (χ1v) is 7.37. The van der Waals surface area contributed by atoms with Crippen LogP contribution in [0.2, 0.25) is 0 Å². The summed E-state index contributed by atoms with van der Waals surface area (Å²) >= 11 is 0. The van der Waals surface area contributed by atoms with Crippen molar-refractivity contribution in [2.24, 2.45) is 7.05 Å². The van der Waals surface area contributed by atoms with Crippen LogP contribution in [-0.2, 0) is 11.8 Å². The van der Waals surface area contributed by atoms with Gasteiger partial charge < -0.3 is 14.6 Å². The third-order valence-electron chi connectivity index (χ3n) is 3.75. The summed E-state index contributed by atoms with van der Waals surface area (Å²) in [7, 11) is 3.35. The summed E-state index contributed by atoms with van der Waals surface area (Å²) in [5, 5.41) is 3.25. The van der Waals surface area contributed by atoms with Crippen LogP contribution in [0.5, 0.6) is 0 Å². The predicted molar refractivity (Wildman–Crippen MR) is 86.8 cm³/mol. The number of carbonyl (C=O) groups excluding carboxylic acids is 1. The molecule has 3 aromatic rings. The van der Waals surface area contributed by atoms with Crippen LogP contribution in [-0.4, -0.2) is 40.1 Å². The molecule has 7 nitrogen and oxygen atoms in total. The predicted octanol–water partition coefficient (Wildman–Crippen LogP) is 0.952. The third-order valence-corrected chi connectivity index (χ3v) is 3.75. The molecular formula is C16H18N4O3. The van der Waals surface area contributed by atoms with Crippen molar-refractivity contribution in [1.29, 1.82) is 0 Å². The van der Waals surface area contributed by atoms with E-state index in [1.54, 1.807) is 43.1 Å². The first-order valence-electron chi connectivity index (χ1n) is 7.37. The zero-order valence-corrected chi connectivity index (χ0v) is 13.1. The summed E-state index contributed by atoms with van der Waals surface area (Å²) < 4.78 is 8.07. The maximum Gasteiger partial charge on any atom is 0.267 e. The van der Waals surface area contributed by atoms with Crippen molar-refractivity contribution in [1.82, 2.24) is 19.3 Å². The van der Waals surface area contributed by atoms with Gasteiger partial charge >= 0.3 is 0 Å². The van der Waals surface area contributed by atoms with Crippen LogP contribution >= 0.6 is 0 Å². The minimum absolute atomic E-state index is 0.181. The fourth-order valence-corrected chi connectivity index (χ4v) is 2.55. The van der Waals surface area contributed by atoms with Crippen LogP contribution in [0.4, 0.5) is 0 Å². The Balaban J connectivity index is 2.01. The summed E-state index contributed by atoms with van der Waals surface area (Å²) in [6.45, 7) is 1.10. The van der Waals surface area contributed by atoms with Crippen molar-refractivity contribution in [3.8, 4) is 0 Å². The molecule has 0 fully saturated rings. The highest BCUT2D eigenvalue weighted by atomic mass is 16.5. The Kier molecular flexibility index (Phi) is 4.12. The molecule has 23 heavy (non-hydrogen) atoms. The number of methoxy groups -OCH3 is 1. The van der Waals surface area contributed by atoms with E-state index in [0.29, 0.717) is 35.5 Å². The van der Waals surface area contributed by atoms with Crippen molar-refractivity contribution < 1.29 is 9.53 Å². The normalized spacial score (nSPS) is 11.2. The molecule has 0 bridgehead atoms. The Bertz CT molecular complexity index is 926. The summed E-state index contributed by atoms with van der Waals surface area (Å²) in [5.74, 6) is -0.227. The average Bonchev–Trinajstić information content (AvgIpc) is 2.89. The number of nitrogens with one attached hydrogen (secondary N) is 1. The average molecular weight is 314 g/mol. The van der Waals surface area contributed by atoms with E-state index in [1.807, 2.05) is 6.07 Å². The van der Waals surface area contributed by atoms with Crippen LogP contribution < -0.4 is 10.9 Å². The molecule has 7 heteroatoms. The minimum atomic E-state index is -0.227. The summed E-state index contributed by atoms with van der Waals surface area (Å²) in [6, 6.07) is 6.95. The van der Waals surface area contributed by atoms with E-state index in [9.17, 15) is 9.59 Å². The van der Waals surface area contributed by atoms with Gasteiger partial charge in [-0.3, -0.25) is 14.0 Å². The smallest absolute Gasteiger partial charge is 0.267 e. The van der Waals surface area contributed by atoms with Crippen molar-refractivity contribution in [3.63, 3.8) is 0 Å². The van der Waals surface area contributed by atoms with E-state index < -0.39 is 0 Å². The Morgan fingerprint density at radius 2 is 2.22 bits per heavy atom. The third kappa shape index (κ3) is 2.70. The molecule has 0 radical (unpaired) electrons. The Morgan fingerprint density at radius 1 is 1.39 bits per heavy atom. The number of aromatic nitrogens is 3. The first kappa shape index (κ1) is 15.2. The lowest BCUT2D eigenvalue weighted by molar-refractivity contribution is 0.0941. The summed E-state index contributed by atoms with van der Waals surface area (Å²) in [4.78, 5) is 29.3. The van der Waals surface area contributed by atoms with Gasteiger partial charge in [-0.1, -0.05) is 6.07 Å². The number of rotatable bonds is 5. The highest BCUT2D eigenvalue weighted by Gasteiger charge is 2.17. The maximum absolute atomic E-state index is 12.5. The molecule has 3 aromatic heterocycles. The van der Waals surface area contributed by atoms with Gasteiger partial charge in [-0.05, 0) is 24.6 Å². The van der Waals surface area contributed by atoms with E-state index in [2.05, 4.69) is 10.3 Å². The van der Waals surface area contributed by atoms with Gasteiger partial charge in [0.2, 0.25) is 0 Å². The Hall–Kier alpha value is -2.67. The topological polar surface area (TPSA) is 77.6 Å². The van der Waals surface area contributed by atoms with Gasteiger partial charge in [0.05, 0.1) is 5.39 Å². The lowest BCUT2D eigenvalue weighted by Crippen LogP contribution is -2.26. The molecule has 0 aromatic carbocycles. The number of ether oxygens (including phenoxy) is 1. The number of hydrogen-bond donors (Lipinski definition) is 1. The number of amides is 1. The number of carbonyl (C=O) groups is 1. The molecular weight excluding hydrogens is 296 g/mol. The Morgan fingerprint density at radius 3 is 3.00 bits per heavy atom. The van der Waals surface area contributed by atoms with Crippen LogP contribution in [0.3, 0.4) is 0 Å². The monoisotopic (exact) mass is 314 g/mol. The quantitative estimate of drug-likeness (QED) is 0.711. The van der Waals surface area contributed by atoms with Crippen molar-refractivity contribution in [2.45, 2.75) is 6.42 Å². The molecule has 0 saturated heterocycles. The number of pyridine rings is 1. The van der Waals surface area contributed by atoms with E-state index >= 15 is 0 Å². The maximum atomic E-state index is 12.5. The van der Waals surface area contributed by atoms with Gasteiger partial charge in [-0.25, -0.2) is 4.98 Å². The van der Waals surface area contributed by atoms with Gasteiger partial charge in [0, 0.05) is 33.5 Å². The van der Waals surface area contributed by atoms with Gasteiger partial charge in [0.25, 0.3) is 11.5 Å². The Labute approximate surface area is 132 Å². The van der Waals surface area contributed by atoms with Crippen LogP contribution in [0.25, 0.3) is 16.7 Å². The highest BCUT2D eigenvalue weighted by molar-refractivity contribution is 5.97. The second-order valence-electron chi connectivity index (χ2n) is 5.27. The fraction of sp³-hybridized carbons (Fsp3) is 0.312. The van der Waals surface area contributed by atoms with Gasteiger partial charge in [-0.2, -0.15) is 0 Å². The second-order valence-corrected chi connectivity index (χ2v) is 5.27. The standard InChI is InChI=1S/C16H18N4O3/c1-19-12(15(21)17-7-5-9-23-2)10-11-14(19)18-13-6-3-4-8-20(13)16(11)22/h3-4,6,8,10H,5,7,9H2,1-2H3,(H,17,21). The van der Waals surface area contributed by atoms with Gasteiger partial charge in [0.1, 0.15) is 17.0 Å². The molecule has 3 rings (SSSR count). The van der Waals surface area contributed by atoms with Gasteiger partial charge in [0.15, 0.2) is 0 Å². The molecule has 0 unspecified atom stereocenters. The number of aryl methyl sites for hydroxylation is 1. The SMILES string of the molecule is COCCCNC(=O)c1cc2c(=O)n3ccccc3nc2n1C. The lowest BCUT2D eigenvalue weighted by atomic mass is 10.3. The zero-order valence-electron chi connectivity index (χ0n) is 13.1. The molecule has 0 saturated carbocycles. The number of fused-ring (bicyclic) bond motifs is 2. The first-order chi connectivity index (χ1) is 11.1. The molecule has 120 valence electrons. The summed E-state index contributed by atoms with van der Waals surface area (Å²) in [5.41, 5.74) is 1.29. The van der Waals surface area contributed by atoms with Crippen molar-refractivity contribution in [3.05, 3.63) is 46.5 Å². The fourth-order valence-electron chi connectivity index (χ4n) is 2.55. The molecule has 1 amide bonds. The molecule has 0 aliphatic heterocycles. The molecule has 3 heterocycles. The van der Waals surface area contributed by atoms with Crippen LogP contribution in [0.1, 0.15) is 16.9 Å².